The second-order valence-electron chi connectivity index (χ2n) is 5.90. The normalized spacial score (nSPS) is 28.0. The number of anilines is 1. The molecule has 1 saturated carbocycles. The van der Waals surface area contributed by atoms with E-state index in [0.717, 1.165) is 12.1 Å². The van der Waals surface area contributed by atoms with Crippen LogP contribution in [-0.2, 0) is 9.59 Å². The van der Waals surface area contributed by atoms with Crippen molar-refractivity contribution in [1.29, 1.82) is 0 Å². The second kappa shape index (κ2) is 5.85. The summed E-state index contributed by atoms with van der Waals surface area (Å²) in [6.07, 6.45) is -0.465. The van der Waals surface area contributed by atoms with Crippen LogP contribution in [0.3, 0.4) is 0 Å². The topological polar surface area (TPSA) is 75.6 Å². The number of alkyl halides is 3. The Bertz CT molecular complexity index is 684. The standard InChI is InChI=1S/C16H14F3NO4/c17-16(18,19)24-11-5-3-10(4-6-11)20-14(21)12-8-1-2-9(7-8)13(12)15(22)23/h1-6,8-9,12-13H,7H2,(H,20,21)(H,22,23)/t8-,9-,12-,13-/m0/s1. The first-order chi connectivity index (χ1) is 11.2. The van der Waals surface area contributed by atoms with Crippen molar-refractivity contribution in [2.45, 2.75) is 12.8 Å². The summed E-state index contributed by atoms with van der Waals surface area (Å²) < 4.78 is 40.1. The van der Waals surface area contributed by atoms with E-state index in [1.807, 2.05) is 12.2 Å². The van der Waals surface area contributed by atoms with E-state index in [1.54, 1.807) is 0 Å². The van der Waals surface area contributed by atoms with Crippen LogP contribution in [0.1, 0.15) is 6.42 Å². The van der Waals surface area contributed by atoms with Gasteiger partial charge >= 0.3 is 12.3 Å². The van der Waals surface area contributed by atoms with E-state index in [4.69, 9.17) is 0 Å². The molecule has 0 unspecified atom stereocenters. The minimum atomic E-state index is -4.78. The zero-order valence-electron chi connectivity index (χ0n) is 12.3. The van der Waals surface area contributed by atoms with Crippen LogP contribution in [0, 0.1) is 23.7 Å². The van der Waals surface area contributed by atoms with E-state index < -0.39 is 35.8 Å². The Balaban J connectivity index is 1.69. The first kappa shape index (κ1) is 16.4. The zero-order valence-corrected chi connectivity index (χ0v) is 12.3. The second-order valence-corrected chi connectivity index (χ2v) is 5.90. The van der Waals surface area contributed by atoms with Crippen molar-refractivity contribution in [2.24, 2.45) is 23.7 Å². The maximum Gasteiger partial charge on any atom is 0.573 e. The molecule has 0 aromatic heterocycles. The van der Waals surface area contributed by atoms with Gasteiger partial charge in [-0.25, -0.2) is 0 Å². The van der Waals surface area contributed by atoms with Gasteiger partial charge in [-0.15, -0.1) is 13.2 Å². The molecule has 0 aliphatic heterocycles. The minimum absolute atomic E-state index is 0.121. The van der Waals surface area contributed by atoms with E-state index in [1.165, 1.54) is 12.1 Å². The summed E-state index contributed by atoms with van der Waals surface area (Å²) in [6, 6.07) is 4.71. The van der Waals surface area contributed by atoms with Gasteiger partial charge in [-0.3, -0.25) is 9.59 Å². The Morgan fingerprint density at radius 3 is 2.21 bits per heavy atom. The number of aliphatic carboxylic acids is 1. The predicted molar refractivity (Wildman–Crippen MR) is 77.1 cm³/mol. The van der Waals surface area contributed by atoms with Crippen LogP contribution in [0.4, 0.5) is 18.9 Å². The number of amides is 1. The van der Waals surface area contributed by atoms with Crippen LogP contribution in [0.25, 0.3) is 0 Å². The molecule has 8 heteroatoms. The summed E-state index contributed by atoms with van der Waals surface area (Å²) >= 11 is 0. The number of fused-ring (bicyclic) bond motifs is 2. The van der Waals surface area contributed by atoms with Gasteiger partial charge in [-0.1, -0.05) is 12.2 Å². The summed E-state index contributed by atoms with van der Waals surface area (Å²) in [6.45, 7) is 0. The quantitative estimate of drug-likeness (QED) is 0.826. The van der Waals surface area contributed by atoms with Gasteiger partial charge in [-0.05, 0) is 42.5 Å². The number of benzene rings is 1. The lowest BCUT2D eigenvalue weighted by atomic mass is 9.82. The molecule has 2 bridgehead atoms. The largest absolute Gasteiger partial charge is 0.573 e. The van der Waals surface area contributed by atoms with Crippen LogP contribution < -0.4 is 10.1 Å². The minimum Gasteiger partial charge on any atom is -0.481 e. The SMILES string of the molecule is O=C(O)[C@@H]1[C@@H](C(=O)Nc2ccc(OC(F)(F)F)cc2)[C@H]2C=C[C@H]1C2. The van der Waals surface area contributed by atoms with Crippen molar-refractivity contribution >= 4 is 17.6 Å². The van der Waals surface area contributed by atoms with Gasteiger partial charge < -0.3 is 15.2 Å². The molecule has 1 fully saturated rings. The predicted octanol–water partition coefficient (Wildman–Crippen LogP) is 3.05. The maximum atomic E-state index is 12.4. The van der Waals surface area contributed by atoms with E-state index in [-0.39, 0.29) is 17.5 Å². The zero-order chi connectivity index (χ0) is 17.5. The van der Waals surface area contributed by atoms with Gasteiger partial charge in [-0.2, -0.15) is 0 Å². The Labute approximate surface area is 135 Å². The van der Waals surface area contributed by atoms with Crippen LogP contribution in [-0.4, -0.2) is 23.3 Å². The summed E-state index contributed by atoms with van der Waals surface area (Å²) in [5, 5.41) is 11.9. The van der Waals surface area contributed by atoms with Crippen LogP contribution in [0.2, 0.25) is 0 Å². The van der Waals surface area contributed by atoms with Gasteiger partial charge in [0.2, 0.25) is 5.91 Å². The highest BCUT2D eigenvalue weighted by Crippen LogP contribution is 2.48. The van der Waals surface area contributed by atoms with E-state index >= 15 is 0 Å². The highest BCUT2D eigenvalue weighted by molar-refractivity contribution is 5.96. The fourth-order valence-electron chi connectivity index (χ4n) is 3.48. The Morgan fingerprint density at radius 1 is 1.08 bits per heavy atom. The van der Waals surface area contributed by atoms with Crippen molar-refractivity contribution in [2.75, 3.05) is 5.32 Å². The fraction of sp³-hybridized carbons (Fsp3) is 0.375. The number of carboxylic acids is 1. The van der Waals surface area contributed by atoms with Crippen molar-refractivity contribution < 1.29 is 32.6 Å². The first-order valence-electron chi connectivity index (χ1n) is 7.32. The molecule has 1 aromatic carbocycles. The van der Waals surface area contributed by atoms with E-state index in [0.29, 0.717) is 6.42 Å². The van der Waals surface area contributed by atoms with Gasteiger partial charge in [0.25, 0.3) is 0 Å². The number of nitrogens with one attached hydrogen (secondary N) is 1. The molecular formula is C16H14F3NO4. The van der Waals surface area contributed by atoms with Gasteiger partial charge in [0.15, 0.2) is 0 Å². The number of allylic oxidation sites excluding steroid dienone is 2. The lowest BCUT2D eigenvalue weighted by Crippen LogP contribution is -2.36. The van der Waals surface area contributed by atoms with Crippen molar-refractivity contribution in [1.82, 2.24) is 0 Å². The van der Waals surface area contributed by atoms with Crippen LogP contribution in [0.15, 0.2) is 36.4 Å². The van der Waals surface area contributed by atoms with Crippen molar-refractivity contribution in [3.8, 4) is 5.75 Å². The molecule has 2 aliphatic carbocycles. The molecule has 4 atom stereocenters. The highest BCUT2D eigenvalue weighted by Gasteiger charge is 2.51. The van der Waals surface area contributed by atoms with E-state index in [2.05, 4.69) is 10.1 Å². The molecule has 128 valence electrons. The number of carbonyl (C=O) groups is 2. The smallest absolute Gasteiger partial charge is 0.481 e. The molecule has 24 heavy (non-hydrogen) atoms. The van der Waals surface area contributed by atoms with Crippen LogP contribution in [0.5, 0.6) is 5.75 Å². The molecule has 3 rings (SSSR count). The monoisotopic (exact) mass is 341 g/mol. The lowest BCUT2D eigenvalue weighted by molar-refractivity contribution is -0.274. The maximum absolute atomic E-state index is 12.4. The number of hydrogen-bond donors (Lipinski definition) is 2. The molecule has 0 heterocycles. The number of carboxylic acid groups (broad SMARTS) is 1. The van der Waals surface area contributed by atoms with E-state index in [9.17, 15) is 27.9 Å². The molecule has 1 amide bonds. The van der Waals surface area contributed by atoms with Gasteiger partial charge in [0.1, 0.15) is 5.75 Å². The third-order valence-corrected chi connectivity index (χ3v) is 4.40. The molecular weight excluding hydrogens is 327 g/mol. The van der Waals surface area contributed by atoms with Crippen molar-refractivity contribution in [3.05, 3.63) is 36.4 Å². The fourth-order valence-corrected chi connectivity index (χ4v) is 3.48. The molecule has 2 N–H and O–H groups in total. The summed E-state index contributed by atoms with van der Waals surface area (Å²) in [4.78, 5) is 23.8. The number of halogens is 3. The molecule has 2 aliphatic rings. The molecule has 0 spiro atoms. The Kier molecular flexibility index (Phi) is 3.98. The van der Waals surface area contributed by atoms with Gasteiger partial charge in [0.05, 0.1) is 11.8 Å². The Hall–Kier alpha value is -2.51. The summed E-state index contributed by atoms with van der Waals surface area (Å²) in [5.41, 5.74) is 0.283. The third kappa shape index (κ3) is 3.22. The number of carbonyl (C=O) groups excluding carboxylic acids is 1. The molecule has 1 aromatic rings. The number of ether oxygens (including phenoxy) is 1. The summed E-state index contributed by atoms with van der Waals surface area (Å²) in [7, 11) is 0. The molecule has 0 radical (unpaired) electrons. The molecule has 0 saturated heterocycles. The van der Waals surface area contributed by atoms with Crippen LogP contribution >= 0.6 is 0 Å². The van der Waals surface area contributed by atoms with Crippen molar-refractivity contribution in [3.63, 3.8) is 0 Å². The molecule has 5 nitrogen and oxygen atoms in total. The summed E-state index contributed by atoms with van der Waals surface area (Å²) in [5.74, 6) is -3.57. The number of rotatable bonds is 4. The highest BCUT2D eigenvalue weighted by atomic mass is 19.4. The average Bonchev–Trinajstić information content (AvgIpc) is 3.08. The number of hydrogen-bond acceptors (Lipinski definition) is 3. The van der Waals surface area contributed by atoms with Gasteiger partial charge in [0, 0.05) is 5.69 Å². The lowest BCUT2D eigenvalue weighted by Gasteiger charge is -2.23. The average molecular weight is 341 g/mol. The Morgan fingerprint density at radius 2 is 1.67 bits per heavy atom. The third-order valence-electron chi connectivity index (χ3n) is 4.40. The first-order valence-corrected chi connectivity index (χ1v) is 7.32.